The first kappa shape index (κ1) is 12.5. The molecule has 1 aromatic rings. The molecule has 4 nitrogen and oxygen atoms in total. The monoisotopic (exact) mass is 272 g/mol. The molecule has 0 aliphatic carbocycles. The predicted octanol–water partition coefficient (Wildman–Crippen LogP) is 1.86. The predicted molar refractivity (Wildman–Crippen MR) is 67.1 cm³/mol. The molecule has 1 aromatic heterocycles. The van der Waals surface area contributed by atoms with Gasteiger partial charge in [0.2, 0.25) is 11.8 Å². The van der Waals surface area contributed by atoms with Gasteiger partial charge in [-0.2, -0.15) is 0 Å². The van der Waals surface area contributed by atoms with Gasteiger partial charge in [0.15, 0.2) is 0 Å². The zero-order chi connectivity index (χ0) is 12.4. The number of thiophene rings is 1. The summed E-state index contributed by atoms with van der Waals surface area (Å²) in [7, 11) is 0. The van der Waals surface area contributed by atoms with Crippen LogP contribution in [0.4, 0.5) is 0 Å². The van der Waals surface area contributed by atoms with Crippen molar-refractivity contribution in [2.24, 2.45) is 0 Å². The Balaban J connectivity index is 1.97. The molecule has 0 aromatic carbocycles. The van der Waals surface area contributed by atoms with Crippen LogP contribution >= 0.6 is 22.9 Å². The van der Waals surface area contributed by atoms with Gasteiger partial charge in [0.25, 0.3) is 0 Å². The number of hydrogen-bond acceptors (Lipinski definition) is 4. The largest absolute Gasteiger partial charge is 0.299 e. The molecule has 1 aliphatic heterocycles. The van der Waals surface area contributed by atoms with Crippen molar-refractivity contribution in [3.05, 3.63) is 21.3 Å². The second-order valence-electron chi connectivity index (χ2n) is 4.08. The molecule has 2 rings (SSSR count). The van der Waals surface area contributed by atoms with Crippen LogP contribution in [-0.2, 0) is 9.59 Å². The van der Waals surface area contributed by atoms with Gasteiger partial charge >= 0.3 is 0 Å². The van der Waals surface area contributed by atoms with Gasteiger partial charge in [-0.1, -0.05) is 11.6 Å². The molecule has 2 unspecified atom stereocenters. The van der Waals surface area contributed by atoms with Crippen molar-refractivity contribution in [3.8, 4) is 0 Å². The number of amides is 2. The molecule has 2 atom stereocenters. The molecule has 2 N–H and O–H groups in total. The fraction of sp³-hybridized carbons (Fsp3) is 0.455. The van der Waals surface area contributed by atoms with Gasteiger partial charge in [0.05, 0.1) is 10.4 Å². The molecule has 2 heterocycles. The van der Waals surface area contributed by atoms with Crippen LogP contribution in [0.5, 0.6) is 0 Å². The van der Waals surface area contributed by atoms with E-state index < -0.39 is 0 Å². The summed E-state index contributed by atoms with van der Waals surface area (Å²) in [6.07, 6.45) is 0.938. The van der Waals surface area contributed by atoms with Gasteiger partial charge in [-0.25, -0.2) is 0 Å². The highest BCUT2D eigenvalue weighted by molar-refractivity contribution is 7.14. The normalized spacial score (nSPS) is 22.4. The van der Waals surface area contributed by atoms with Gasteiger partial charge in [0.1, 0.15) is 0 Å². The van der Waals surface area contributed by atoms with Gasteiger partial charge in [-0.05, 0) is 30.4 Å². The van der Waals surface area contributed by atoms with Crippen molar-refractivity contribution in [2.45, 2.75) is 31.8 Å². The molecule has 92 valence electrons. The number of carbonyl (C=O) groups excluding carboxylic acids is 2. The molecule has 2 amide bonds. The summed E-state index contributed by atoms with van der Waals surface area (Å²) in [5.41, 5.74) is 1.06. The van der Waals surface area contributed by atoms with E-state index in [9.17, 15) is 9.59 Å². The molecule has 0 bridgehead atoms. The molecule has 17 heavy (non-hydrogen) atoms. The van der Waals surface area contributed by atoms with E-state index in [2.05, 4.69) is 10.6 Å². The van der Waals surface area contributed by atoms with Crippen LogP contribution in [0, 0.1) is 0 Å². The van der Waals surface area contributed by atoms with Crippen molar-refractivity contribution in [1.82, 2.24) is 10.6 Å². The Morgan fingerprint density at radius 2 is 2.35 bits per heavy atom. The Morgan fingerprint density at radius 1 is 1.59 bits per heavy atom. The smallest absolute Gasteiger partial charge is 0.243 e. The topological polar surface area (TPSA) is 58.2 Å². The van der Waals surface area contributed by atoms with Gasteiger partial charge in [-0.15, -0.1) is 11.3 Å². The average molecular weight is 273 g/mol. The lowest BCUT2D eigenvalue weighted by molar-refractivity contribution is -0.134. The third-order valence-electron chi connectivity index (χ3n) is 2.78. The van der Waals surface area contributed by atoms with Crippen molar-refractivity contribution < 1.29 is 9.59 Å². The quantitative estimate of drug-likeness (QED) is 0.826. The second-order valence-corrected chi connectivity index (χ2v) is 5.62. The molecule has 1 saturated heterocycles. The summed E-state index contributed by atoms with van der Waals surface area (Å²) in [5, 5.41) is 7.49. The zero-order valence-corrected chi connectivity index (χ0v) is 10.9. The highest BCUT2D eigenvalue weighted by Gasteiger charge is 2.27. The maximum absolute atomic E-state index is 11.6. The number of halogens is 1. The van der Waals surface area contributed by atoms with E-state index in [1.54, 1.807) is 0 Å². The van der Waals surface area contributed by atoms with E-state index in [0.717, 1.165) is 9.90 Å². The fourth-order valence-electron chi connectivity index (χ4n) is 1.80. The summed E-state index contributed by atoms with van der Waals surface area (Å²) in [4.78, 5) is 22.6. The summed E-state index contributed by atoms with van der Waals surface area (Å²) in [5.74, 6) is -0.436. The summed E-state index contributed by atoms with van der Waals surface area (Å²) in [6, 6.07) is 1.62. The van der Waals surface area contributed by atoms with Crippen molar-refractivity contribution in [3.63, 3.8) is 0 Å². The van der Waals surface area contributed by atoms with Crippen molar-refractivity contribution >= 4 is 34.8 Å². The number of rotatable bonds is 3. The van der Waals surface area contributed by atoms with Crippen LogP contribution in [0.2, 0.25) is 4.34 Å². The van der Waals surface area contributed by atoms with Crippen LogP contribution in [0.25, 0.3) is 0 Å². The Morgan fingerprint density at radius 3 is 2.94 bits per heavy atom. The Hall–Kier alpha value is -0.910. The van der Waals surface area contributed by atoms with Crippen LogP contribution in [-0.4, -0.2) is 17.9 Å². The summed E-state index contributed by atoms with van der Waals surface area (Å²) < 4.78 is 0.733. The average Bonchev–Trinajstić information content (AvgIpc) is 2.69. The van der Waals surface area contributed by atoms with Gasteiger partial charge < -0.3 is 0 Å². The molecule has 1 aliphatic rings. The van der Waals surface area contributed by atoms with E-state index in [0.29, 0.717) is 12.8 Å². The van der Waals surface area contributed by atoms with Crippen LogP contribution in [0.3, 0.4) is 0 Å². The van der Waals surface area contributed by atoms with Gasteiger partial charge in [0, 0.05) is 12.5 Å². The second kappa shape index (κ2) is 5.16. The highest BCUT2D eigenvalue weighted by atomic mass is 35.5. The fourth-order valence-corrected chi connectivity index (χ4v) is 2.79. The summed E-state index contributed by atoms with van der Waals surface area (Å²) in [6.45, 7) is 1.97. The molecule has 6 heteroatoms. The van der Waals surface area contributed by atoms with Gasteiger partial charge in [-0.3, -0.25) is 20.2 Å². The summed E-state index contributed by atoms with van der Waals surface area (Å²) >= 11 is 7.33. The highest BCUT2D eigenvalue weighted by Crippen LogP contribution is 2.25. The number of nitrogens with one attached hydrogen (secondary N) is 2. The van der Waals surface area contributed by atoms with Crippen LogP contribution in [0.1, 0.15) is 31.4 Å². The zero-order valence-electron chi connectivity index (χ0n) is 9.33. The van der Waals surface area contributed by atoms with E-state index >= 15 is 0 Å². The molecule has 1 fully saturated rings. The molecule has 0 spiro atoms. The van der Waals surface area contributed by atoms with Crippen molar-refractivity contribution in [1.29, 1.82) is 0 Å². The SMILES string of the molecule is CC(NC1CCC(=O)NC1=O)c1csc(Cl)c1. The maximum atomic E-state index is 11.6. The minimum absolute atomic E-state index is 0.0442. The minimum atomic E-state index is -0.304. The standard InChI is InChI=1S/C11H13ClN2O2S/c1-6(7-4-9(12)17-5-7)13-8-2-3-10(15)14-11(8)16/h4-6,8,13H,2-3H2,1H3,(H,14,15,16). The van der Waals surface area contributed by atoms with E-state index in [1.807, 2.05) is 18.4 Å². The number of piperidine rings is 1. The first-order chi connectivity index (χ1) is 8.06. The van der Waals surface area contributed by atoms with Crippen LogP contribution in [0.15, 0.2) is 11.4 Å². The number of hydrogen-bond donors (Lipinski definition) is 2. The minimum Gasteiger partial charge on any atom is -0.299 e. The first-order valence-electron chi connectivity index (χ1n) is 5.40. The molecular weight excluding hydrogens is 260 g/mol. The Kier molecular flexibility index (Phi) is 3.81. The number of imide groups is 1. The molecular formula is C11H13ClN2O2S. The van der Waals surface area contributed by atoms with E-state index in [-0.39, 0.29) is 23.9 Å². The molecule has 0 radical (unpaired) electrons. The van der Waals surface area contributed by atoms with E-state index in [4.69, 9.17) is 11.6 Å². The molecule has 0 saturated carbocycles. The first-order valence-corrected chi connectivity index (χ1v) is 6.65. The Bertz CT molecular complexity index is 446. The lowest BCUT2D eigenvalue weighted by Gasteiger charge is -2.25. The maximum Gasteiger partial charge on any atom is 0.243 e. The van der Waals surface area contributed by atoms with Crippen molar-refractivity contribution in [2.75, 3.05) is 0 Å². The Labute approximate surface area is 108 Å². The lowest BCUT2D eigenvalue weighted by Crippen LogP contribution is -2.51. The van der Waals surface area contributed by atoms with E-state index in [1.165, 1.54) is 11.3 Å². The lowest BCUT2D eigenvalue weighted by atomic mass is 10.0. The third kappa shape index (κ3) is 3.06. The van der Waals surface area contributed by atoms with Crippen LogP contribution < -0.4 is 10.6 Å². The third-order valence-corrected chi connectivity index (χ3v) is 3.89. The number of carbonyl (C=O) groups is 2.